The zero-order valence-electron chi connectivity index (χ0n) is 34.2. The molecular weight excluding hydrogens is 931 g/mol. The van der Waals surface area contributed by atoms with Gasteiger partial charge in [0.05, 0.1) is 10.9 Å². The van der Waals surface area contributed by atoms with Gasteiger partial charge in [0.2, 0.25) is 0 Å². The molecule has 6 aromatic rings. The van der Waals surface area contributed by atoms with E-state index in [1.807, 2.05) is 0 Å². The largest absolute Gasteiger partial charge is 0.207 e. The summed E-state index contributed by atoms with van der Waals surface area (Å²) >= 11 is 0. The van der Waals surface area contributed by atoms with E-state index < -0.39 is 144 Å². The van der Waals surface area contributed by atoms with Gasteiger partial charge in [-0.3, -0.25) is 0 Å². The number of halogens is 20. The first-order valence-electron chi connectivity index (χ1n) is 18.7. The SMILES string of the molecule is CC(C)(C)c1cc2c3c(c(C(C)(C)C)ccc3c1)[CH+]C=C2.Fc1c(F)c(F)c([B-](c2c(F)c(F)c(F)c(F)c2F)(c2c(F)c(F)c(F)c(F)c2F)c2c(F)c(F)c(F)c(F)c2F)c(F)c1F. The molecule has 0 aromatic heterocycles. The lowest BCUT2D eigenvalue weighted by molar-refractivity contribution is 0.378. The van der Waals surface area contributed by atoms with Gasteiger partial charge in [0.1, 0.15) is 58.2 Å². The molecule has 0 fully saturated rings. The minimum atomic E-state index is -7.22. The van der Waals surface area contributed by atoms with Crippen molar-refractivity contribution in [2.45, 2.75) is 52.4 Å². The third kappa shape index (κ3) is 7.23. The maximum Gasteiger partial charge on any atom is 0.200 e. The van der Waals surface area contributed by atoms with Gasteiger partial charge < -0.3 is 0 Å². The minimum absolute atomic E-state index is 0.172. The average molecular weight is 956 g/mol. The van der Waals surface area contributed by atoms with Crippen molar-refractivity contribution >= 4 is 44.8 Å². The average Bonchev–Trinajstić information content (AvgIpc) is 3.25. The van der Waals surface area contributed by atoms with Gasteiger partial charge in [0, 0.05) is 34.9 Å². The van der Waals surface area contributed by atoms with E-state index in [1.165, 1.54) is 33.0 Å². The summed E-state index contributed by atoms with van der Waals surface area (Å²) in [6.07, 6.45) is -0.506. The van der Waals surface area contributed by atoms with Crippen LogP contribution in [-0.4, -0.2) is 6.15 Å². The molecule has 7 rings (SSSR count). The lowest BCUT2D eigenvalue weighted by Gasteiger charge is -2.44. The van der Waals surface area contributed by atoms with E-state index in [9.17, 15) is 52.7 Å². The van der Waals surface area contributed by atoms with Gasteiger partial charge in [-0.05, 0) is 56.0 Å². The summed E-state index contributed by atoms with van der Waals surface area (Å²) in [5, 5.41) is 2.78. The lowest BCUT2D eigenvalue weighted by Crippen LogP contribution is -2.81. The summed E-state index contributed by atoms with van der Waals surface area (Å²) in [4.78, 5) is 0. The van der Waals surface area contributed by atoms with Crippen molar-refractivity contribution in [3.8, 4) is 0 Å². The van der Waals surface area contributed by atoms with Crippen molar-refractivity contribution in [1.82, 2.24) is 0 Å². The molecule has 0 aliphatic heterocycles. The van der Waals surface area contributed by atoms with Crippen molar-refractivity contribution in [1.29, 1.82) is 0 Å². The van der Waals surface area contributed by atoms with Gasteiger partial charge in [-0.1, -0.05) is 20.8 Å². The van der Waals surface area contributed by atoms with E-state index in [-0.39, 0.29) is 10.8 Å². The van der Waals surface area contributed by atoms with Crippen LogP contribution < -0.4 is 21.9 Å². The molecule has 0 heterocycles. The molecule has 1 aliphatic rings. The van der Waals surface area contributed by atoms with Gasteiger partial charge in [0.25, 0.3) is 0 Å². The van der Waals surface area contributed by atoms with Crippen LogP contribution in [0, 0.1) is 123 Å². The fourth-order valence-electron chi connectivity index (χ4n) is 8.04. The Balaban J connectivity index is 0.000000284. The van der Waals surface area contributed by atoms with Crippen molar-refractivity contribution in [2.24, 2.45) is 0 Å². The third-order valence-corrected chi connectivity index (χ3v) is 11.1. The normalized spacial score (nSPS) is 12.8. The monoisotopic (exact) mass is 956 g/mol. The highest BCUT2D eigenvalue weighted by Gasteiger charge is 2.52. The van der Waals surface area contributed by atoms with Gasteiger partial charge in [-0.25, -0.2) is 87.8 Å². The number of benzene rings is 6. The molecule has 348 valence electrons. The van der Waals surface area contributed by atoms with Crippen LogP contribution in [-0.2, 0) is 10.8 Å². The molecule has 0 nitrogen and oxygen atoms in total. The maximum absolute atomic E-state index is 15.4. The second kappa shape index (κ2) is 16.6. The third-order valence-electron chi connectivity index (χ3n) is 11.1. The van der Waals surface area contributed by atoms with Crippen LogP contribution in [0.1, 0.15) is 63.8 Å². The van der Waals surface area contributed by atoms with E-state index in [2.05, 4.69) is 84.4 Å². The highest BCUT2D eigenvalue weighted by atomic mass is 19.2. The molecule has 0 saturated carbocycles. The molecule has 0 N–H and O–H groups in total. The zero-order valence-corrected chi connectivity index (χ0v) is 34.2. The predicted octanol–water partition coefficient (Wildman–Crippen LogP) is 11.9. The molecule has 0 amide bonds. The molecule has 1 aliphatic carbocycles. The molecule has 0 radical (unpaired) electrons. The molecule has 66 heavy (non-hydrogen) atoms. The quantitative estimate of drug-likeness (QED) is 0.0543. The minimum Gasteiger partial charge on any atom is -0.207 e. The lowest BCUT2D eigenvalue weighted by atomic mass is 9.12. The van der Waals surface area contributed by atoms with Crippen LogP contribution in [0.5, 0.6) is 0 Å². The molecule has 0 atom stereocenters. The summed E-state index contributed by atoms with van der Waals surface area (Å²) in [5.41, 5.74) is -8.37. The summed E-state index contributed by atoms with van der Waals surface area (Å²) in [6, 6.07) is 9.33. The van der Waals surface area contributed by atoms with E-state index in [4.69, 9.17) is 0 Å². The summed E-state index contributed by atoms with van der Waals surface area (Å²) in [7, 11) is 0. The highest BCUT2D eigenvalue weighted by Crippen LogP contribution is 2.40. The van der Waals surface area contributed by atoms with E-state index in [0.29, 0.717) is 0 Å². The summed E-state index contributed by atoms with van der Waals surface area (Å²) in [6.45, 7) is 13.7. The molecule has 21 heteroatoms. The van der Waals surface area contributed by atoms with Crippen molar-refractivity contribution in [3.05, 3.63) is 175 Å². The fourth-order valence-corrected chi connectivity index (χ4v) is 8.04. The van der Waals surface area contributed by atoms with Gasteiger partial charge >= 0.3 is 0 Å². The van der Waals surface area contributed by atoms with E-state index in [1.54, 1.807) is 0 Å². The zero-order chi connectivity index (χ0) is 49.8. The smallest absolute Gasteiger partial charge is 0.200 e. The topological polar surface area (TPSA) is 0 Å². The second-order valence-corrected chi connectivity index (χ2v) is 17.0. The Morgan fingerprint density at radius 2 is 0.652 bits per heavy atom. The Kier molecular flexibility index (Phi) is 12.4. The molecular formula is C45H25BF20. The van der Waals surface area contributed by atoms with Crippen LogP contribution in [0.3, 0.4) is 0 Å². The Morgan fingerprint density at radius 1 is 0.364 bits per heavy atom. The van der Waals surface area contributed by atoms with Crippen molar-refractivity contribution < 1.29 is 87.8 Å². The van der Waals surface area contributed by atoms with Gasteiger partial charge in [-0.2, -0.15) is 0 Å². The van der Waals surface area contributed by atoms with Crippen molar-refractivity contribution in [2.75, 3.05) is 0 Å². The molecule has 0 bridgehead atoms. The number of allylic oxidation sites excluding steroid dienone is 1. The Bertz CT molecular complexity index is 2690. The van der Waals surface area contributed by atoms with Crippen LogP contribution in [0.25, 0.3) is 16.8 Å². The van der Waals surface area contributed by atoms with E-state index >= 15 is 35.1 Å². The summed E-state index contributed by atoms with van der Waals surface area (Å²) < 4.78 is 294. The summed E-state index contributed by atoms with van der Waals surface area (Å²) in [5.74, 6) is -71.4. The van der Waals surface area contributed by atoms with Crippen LogP contribution >= 0.6 is 0 Å². The van der Waals surface area contributed by atoms with Gasteiger partial charge in [-0.15, -0.1) is 21.9 Å². The van der Waals surface area contributed by atoms with Crippen LogP contribution in [0.15, 0.2) is 30.3 Å². The van der Waals surface area contributed by atoms with Crippen molar-refractivity contribution in [3.63, 3.8) is 0 Å². The first-order chi connectivity index (χ1) is 30.4. The van der Waals surface area contributed by atoms with Crippen LogP contribution in [0.2, 0.25) is 0 Å². The number of rotatable bonds is 4. The number of hydrogen-bond donors (Lipinski definition) is 0. The predicted molar refractivity (Wildman–Crippen MR) is 203 cm³/mol. The van der Waals surface area contributed by atoms with Crippen LogP contribution in [0.4, 0.5) is 87.8 Å². The standard InChI is InChI=1S/C24BF20.C21H25/c26-5-1(6(27)14(35)21(42)13(5)34)25(2-7(28)15(36)22(43)16(37)8(2)29,3-9(30)17(38)23(44)18(39)10(3)31)4-11(32)19(40)24(45)20(41)12(4)33;1-20(2,3)16-12-14-8-7-9-17-18(21(4,5)6)11-10-15(13-16)19(14)17/h;7-13H,1-6H3/q-1;+1. The molecule has 0 saturated heterocycles. The Hall–Kier alpha value is -6.15. The Morgan fingerprint density at radius 3 is 0.924 bits per heavy atom. The first-order valence-corrected chi connectivity index (χ1v) is 18.7. The Labute approximate surface area is 360 Å². The fraction of sp³-hybridized carbons (Fsp3) is 0.178. The highest BCUT2D eigenvalue weighted by molar-refractivity contribution is 7.20. The molecule has 0 unspecified atom stereocenters. The number of hydrogen-bond acceptors (Lipinski definition) is 0. The van der Waals surface area contributed by atoms with E-state index in [0.717, 1.165) is 0 Å². The second-order valence-electron chi connectivity index (χ2n) is 17.0. The molecule has 6 aromatic carbocycles. The maximum atomic E-state index is 15.4. The first kappa shape index (κ1) is 49.3. The molecule has 0 spiro atoms. The van der Waals surface area contributed by atoms with Gasteiger partial charge in [0.15, 0.2) is 69.8 Å².